The fourth-order valence-corrected chi connectivity index (χ4v) is 8.44. The van der Waals surface area contributed by atoms with Crippen molar-refractivity contribution in [1.82, 2.24) is 5.32 Å². The average Bonchev–Trinajstić information content (AvgIpc) is 3.37. The maximum Gasteiger partial charge on any atom is 0.306 e. The third-order valence-corrected chi connectivity index (χ3v) is 13.1. The van der Waals surface area contributed by atoms with E-state index in [1.54, 1.807) is 6.08 Å². The number of carbonyl (C=O) groups is 2. The van der Waals surface area contributed by atoms with Crippen molar-refractivity contribution in [1.29, 1.82) is 0 Å². The number of esters is 1. The summed E-state index contributed by atoms with van der Waals surface area (Å²) in [6, 6.07) is -1.04. The topological polar surface area (TPSA) is 175 Å². The van der Waals surface area contributed by atoms with E-state index in [1.807, 2.05) is 6.08 Å². The number of amides is 1. The highest BCUT2D eigenvalue weighted by Gasteiger charge is 2.47. The van der Waals surface area contributed by atoms with Crippen LogP contribution in [0.1, 0.15) is 233 Å². The molecular weight excluding hydrogens is 895 g/mol. The van der Waals surface area contributed by atoms with Gasteiger partial charge in [-0.1, -0.05) is 209 Å². The second-order valence-electron chi connectivity index (χ2n) is 19.7. The Kier molecular flexibility index (Phi) is 44.8. The van der Waals surface area contributed by atoms with E-state index in [4.69, 9.17) is 14.2 Å². The van der Waals surface area contributed by atoms with Crippen LogP contribution in [-0.2, 0) is 23.8 Å². The Balaban J connectivity index is 2.78. The predicted octanol–water partition coefficient (Wildman–Crippen LogP) is 12.8. The zero-order valence-corrected chi connectivity index (χ0v) is 45.1. The van der Waals surface area contributed by atoms with Gasteiger partial charge in [0.25, 0.3) is 0 Å². The molecule has 11 heteroatoms. The molecule has 1 rings (SSSR count). The first kappa shape index (κ1) is 66.1. The van der Waals surface area contributed by atoms with Gasteiger partial charge in [0.15, 0.2) is 12.4 Å². The van der Waals surface area contributed by atoms with Gasteiger partial charge in [0.2, 0.25) is 5.91 Å². The van der Waals surface area contributed by atoms with Crippen molar-refractivity contribution in [2.45, 2.75) is 282 Å². The van der Waals surface area contributed by atoms with Gasteiger partial charge in [-0.2, -0.15) is 0 Å². The number of hydrogen-bond donors (Lipinski definition) is 6. The Hall–Kier alpha value is -2.90. The van der Waals surface area contributed by atoms with Crippen LogP contribution in [0, 0.1) is 0 Å². The SMILES string of the molecule is CCCC/C=C\CCCCCCCC(=O)OC1C(OCC(NC(=O)C(O)CCCC/C=C\C/C=C\C/C=C\C/C=C\CCCCC)C(O)/C=C/CCCCCCCCCCCCC)OC(CO)C(O)C1O. The van der Waals surface area contributed by atoms with Crippen LogP contribution < -0.4 is 5.32 Å². The second-order valence-corrected chi connectivity index (χ2v) is 19.7. The number of unbranched alkanes of at least 4 members (excludes halogenated alkanes) is 23. The van der Waals surface area contributed by atoms with Gasteiger partial charge in [-0.15, -0.1) is 0 Å². The van der Waals surface area contributed by atoms with E-state index in [-0.39, 0.29) is 19.4 Å². The molecule has 0 aromatic rings. The Morgan fingerprint density at radius 2 is 0.986 bits per heavy atom. The van der Waals surface area contributed by atoms with Crippen molar-refractivity contribution in [2.24, 2.45) is 0 Å². The highest BCUT2D eigenvalue weighted by Crippen LogP contribution is 2.26. The maximum atomic E-state index is 13.4. The Labute approximate surface area is 432 Å². The molecule has 71 heavy (non-hydrogen) atoms. The summed E-state index contributed by atoms with van der Waals surface area (Å²) < 4.78 is 17.5. The molecule has 8 unspecified atom stereocenters. The van der Waals surface area contributed by atoms with Crippen molar-refractivity contribution in [3.8, 4) is 0 Å². The minimum atomic E-state index is -1.62. The molecule has 8 atom stereocenters. The van der Waals surface area contributed by atoms with E-state index in [2.05, 4.69) is 86.8 Å². The van der Waals surface area contributed by atoms with Crippen LogP contribution in [0.25, 0.3) is 0 Å². The Morgan fingerprint density at radius 1 is 0.549 bits per heavy atom. The number of ether oxygens (including phenoxy) is 3. The second kappa shape index (κ2) is 48.1. The van der Waals surface area contributed by atoms with Gasteiger partial charge in [-0.25, -0.2) is 0 Å². The molecular formula is C60H105NO10. The summed E-state index contributed by atoms with van der Waals surface area (Å²) in [6.45, 7) is 5.67. The van der Waals surface area contributed by atoms with Gasteiger partial charge in [-0.3, -0.25) is 9.59 Å². The van der Waals surface area contributed by atoms with Crippen molar-refractivity contribution in [3.05, 3.63) is 72.9 Å². The molecule has 1 amide bonds. The summed E-state index contributed by atoms with van der Waals surface area (Å²) >= 11 is 0. The number of nitrogens with one attached hydrogen (secondary N) is 1. The molecule has 0 spiro atoms. The first-order valence-electron chi connectivity index (χ1n) is 28.7. The van der Waals surface area contributed by atoms with E-state index in [9.17, 15) is 35.1 Å². The van der Waals surface area contributed by atoms with Crippen molar-refractivity contribution < 1.29 is 49.3 Å². The molecule has 1 aliphatic rings. The van der Waals surface area contributed by atoms with Crippen LogP contribution in [0.3, 0.4) is 0 Å². The highest BCUT2D eigenvalue weighted by atomic mass is 16.7. The third kappa shape index (κ3) is 36.6. The van der Waals surface area contributed by atoms with E-state index >= 15 is 0 Å². The van der Waals surface area contributed by atoms with Gasteiger partial charge in [0.1, 0.15) is 24.4 Å². The lowest BCUT2D eigenvalue weighted by atomic mass is 9.99. The van der Waals surface area contributed by atoms with Crippen molar-refractivity contribution >= 4 is 11.9 Å². The number of hydrogen-bond acceptors (Lipinski definition) is 10. The van der Waals surface area contributed by atoms with Gasteiger partial charge >= 0.3 is 5.97 Å². The van der Waals surface area contributed by atoms with Crippen LogP contribution >= 0.6 is 0 Å². The first-order chi connectivity index (χ1) is 34.7. The largest absolute Gasteiger partial charge is 0.454 e. The fraction of sp³-hybridized carbons (Fsp3) is 0.767. The summed E-state index contributed by atoms with van der Waals surface area (Å²) in [4.78, 5) is 26.4. The minimum Gasteiger partial charge on any atom is -0.454 e. The van der Waals surface area contributed by atoms with Crippen LogP contribution in [0.2, 0.25) is 0 Å². The van der Waals surface area contributed by atoms with Gasteiger partial charge < -0.3 is 45.1 Å². The average molecular weight is 1000 g/mol. The number of allylic oxidation sites excluding steroid dienone is 11. The molecule has 1 aliphatic heterocycles. The number of carbonyl (C=O) groups excluding carboxylic acids is 2. The van der Waals surface area contributed by atoms with E-state index < -0.39 is 67.4 Å². The van der Waals surface area contributed by atoms with Crippen molar-refractivity contribution in [2.75, 3.05) is 13.2 Å². The molecule has 410 valence electrons. The monoisotopic (exact) mass is 1000 g/mol. The van der Waals surface area contributed by atoms with Gasteiger partial charge in [0, 0.05) is 6.42 Å². The van der Waals surface area contributed by atoms with E-state index in [1.165, 1.54) is 89.9 Å². The maximum absolute atomic E-state index is 13.4. The van der Waals surface area contributed by atoms with E-state index in [0.29, 0.717) is 12.8 Å². The smallest absolute Gasteiger partial charge is 0.306 e. The normalized spacial score (nSPS) is 20.1. The molecule has 1 fully saturated rings. The summed E-state index contributed by atoms with van der Waals surface area (Å²) in [5.41, 5.74) is 0. The summed E-state index contributed by atoms with van der Waals surface area (Å²) in [7, 11) is 0. The Bertz CT molecular complexity index is 1430. The lowest BCUT2D eigenvalue weighted by Gasteiger charge is -2.41. The van der Waals surface area contributed by atoms with Gasteiger partial charge in [0.05, 0.1) is 25.4 Å². The molecule has 0 bridgehead atoms. The standard InChI is InChI=1S/C60H105NO10/c1-4-7-10-13-16-19-22-24-25-26-27-28-30-33-35-38-41-44-47-53(64)59(68)61-51(52(63)46-43-40-37-34-32-29-23-20-17-14-11-8-5-2)50-69-60-58(57(67)56(66)54(49-62)70-60)71-55(65)48-45-42-39-36-31-21-18-15-12-9-6-3/h15-16,18-19,24-25,27-28,33,35,43,46,51-54,56-58,60,62-64,66-67H,4-14,17,20-23,26,29-32,34,36-42,44-45,47-50H2,1-3H3,(H,61,68)/b18-15-,19-16-,25-24-,28-27-,35-33-,46-43+. The fourth-order valence-electron chi connectivity index (χ4n) is 8.44. The van der Waals surface area contributed by atoms with E-state index in [0.717, 1.165) is 96.3 Å². The van der Waals surface area contributed by atoms with Crippen LogP contribution in [0.5, 0.6) is 0 Å². The molecule has 1 heterocycles. The highest BCUT2D eigenvalue weighted by molar-refractivity contribution is 5.80. The molecule has 11 nitrogen and oxygen atoms in total. The van der Waals surface area contributed by atoms with Crippen LogP contribution in [0.15, 0.2) is 72.9 Å². The number of rotatable bonds is 47. The zero-order chi connectivity index (χ0) is 51.8. The summed E-state index contributed by atoms with van der Waals surface area (Å²) in [6.07, 6.45) is 49.5. The van der Waals surface area contributed by atoms with Crippen LogP contribution in [-0.4, -0.2) is 99.6 Å². The lowest BCUT2D eigenvalue weighted by molar-refractivity contribution is -0.305. The third-order valence-electron chi connectivity index (χ3n) is 13.1. The summed E-state index contributed by atoms with van der Waals surface area (Å²) in [5.74, 6) is -1.24. The molecule has 0 radical (unpaired) electrons. The molecule has 0 aromatic heterocycles. The molecule has 0 aromatic carbocycles. The zero-order valence-electron chi connectivity index (χ0n) is 45.1. The minimum absolute atomic E-state index is 0.106. The molecule has 0 aliphatic carbocycles. The molecule has 1 saturated heterocycles. The lowest BCUT2D eigenvalue weighted by Crippen LogP contribution is -2.61. The predicted molar refractivity (Wildman–Crippen MR) is 292 cm³/mol. The number of aliphatic hydroxyl groups is 5. The number of aliphatic hydroxyl groups excluding tert-OH is 5. The van der Waals surface area contributed by atoms with Gasteiger partial charge in [-0.05, 0) is 89.9 Å². The molecule has 0 saturated carbocycles. The first-order valence-corrected chi connectivity index (χ1v) is 28.7. The van der Waals surface area contributed by atoms with Crippen LogP contribution in [0.4, 0.5) is 0 Å². The van der Waals surface area contributed by atoms with Crippen molar-refractivity contribution in [3.63, 3.8) is 0 Å². The summed E-state index contributed by atoms with van der Waals surface area (Å²) in [5, 5.41) is 56.7. The molecule has 6 N–H and O–H groups in total. The quantitative estimate of drug-likeness (QED) is 0.0196. The Morgan fingerprint density at radius 3 is 1.54 bits per heavy atom.